The highest BCUT2D eigenvalue weighted by Gasteiger charge is 2.90. The van der Waals surface area contributed by atoms with Gasteiger partial charge < -0.3 is 35.7 Å². The van der Waals surface area contributed by atoms with Crippen LogP contribution in [0.2, 0.25) is 0 Å². The molecule has 10 nitrogen and oxygen atoms in total. The summed E-state index contributed by atoms with van der Waals surface area (Å²) in [5.74, 6) is -1.40. The van der Waals surface area contributed by atoms with Gasteiger partial charge in [0.05, 0.1) is 19.1 Å². The minimum absolute atomic E-state index is 0.0455. The number of carboxylic acid groups (broad SMARTS) is 1. The molecule has 0 radical (unpaired) electrons. The summed E-state index contributed by atoms with van der Waals surface area (Å²) in [6.45, 7) is 21.2. The molecule has 2 bridgehead atoms. The third-order valence-corrected chi connectivity index (χ3v) is 16.0. The lowest BCUT2D eigenvalue weighted by Crippen LogP contribution is -2.72. The summed E-state index contributed by atoms with van der Waals surface area (Å²) in [6, 6.07) is 0. The highest BCUT2D eigenvalue weighted by atomic mass is 16.6. The van der Waals surface area contributed by atoms with Crippen LogP contribution in [0.25, 0.3) is 0 Å². The minimum Gasteiger partial charge on any atom is -0.481 e. The van der Waals surface area contributed by atoms with Crippen LogP contribution < -0.4 is 11.5 Å². The molecule has 0 aromatic heterocycles. The largest absolute Gasteiger partial charge is 0.481 e. The van der Waals surface area contributed by atoms with Crippen LogP contribution in [0.5, 0.6) is 0 Å². The van der Waals surface area contributed by atoms with Crippen molar-refractivity contribution in [2.24, 2.45) is 68.1 Å². The summed E-state index contributed by atoms with van der Waals surface area (Å²) >= 11 is 0. The number of fused-ring (bicyclic) bond motifs is 5. The molecule has 2 spiro atoms. The third kappa shape index (κ3) is 5.00. The Morgan fingerprint density at radius 1 is 1.02 bits per heavy atom. The van der Waals surface area contributed by atoms with Gasteiger partial charge in [-0.2, -0.15) is 0 Å². The van der Waals surface area contributed by atoms with Gasteiger partial charge in [0.15, 0.2) is 11.9 Å². The van der Waals surface area contributed by atoms with E-state index >= 15 is 0 Å². The molecule has 2 heterocycles. The number of hydrogen-bond donors (Lipinski definition) is 3. The molecular formula is C40H65N3O7. The normalized spacial score (nSPS) is 44.9. The maximum absolute atomic E-state index is 14.9. The smallest absolute Gasteiger partial charge is 0.308 e. The van der Waals surface area contributed by atoms with E-state index in [1.807, 2.05) is 13.0 Å². The number of esters is 1. The molecule has 50 heavy (non-hydrogen) atoms. The van der Waals surface area contributed by atoms with E-state index in [1.54, 1.807) is 0 Å². The second-order valence-electron chi connectivity index (χ2n) is 18.4. The van der Waals surface area contributed by atoms with E-state index in [1.165, 1.54) is 6.92 Å². The number of ketones is 1. The van der Waals surface area contributed by atoms with Crippen LogP contribution in [0.15, 0.2) is 11.6 Å². The van der Waals surface area contributed by atoms with Gasteiger partial charge in [-0.05, 0) is 112 Å². The number of nitrogens with two attached hydrogens (primary N) is 2. The van der Waals surface area contributed by atoms with Crippen molar-refractivity contribution in [2.75, 3.05) is 45.9 Å². The molecule has 0 aromatic rings. The summed E-state index contributed by atoms with van der Waals surface area (Å²) in [5.41, 5.74) is 9.03. The summed E-state index contributed by atoms with van der Waals surface area (Å²) in [5, 5.41) is 11.0. The number of aliphatic carboxylic acids is 1. The molecule has 4 saturated carbocycles. The highest BCUT2D eigenvalue weighted by Crippen LogP contribution is 2.85. The first kappa shape index (κ1) is 37.9. The van der Waals surface area contributed by atoms with Crippen molar-refractivity contribution in [3.8, 4) is 0 Å². The van der Waals surface area contributed by atoms with Gasteiger partial charge in [-0.15, -0.1) is 0 Å². The quantitative estimate of drug-likeness (QED) is 0.215. The molecule has 12 atom stereocenters. The summed E-state index contributed by atoms with van der Waals surface area (Å²) in [4.78, 5) is 43.4. The lowest BCUT2D eigenvalue weighted by Gasteiger charge is -2.68. The average Bonchev–Trinajstić information content (AvgIpc) is 3.74. The van der Waals surface area contributed by atoms with Gasteiger partial charge in [0, 0.05) is 29.7 Å². The Bertz CT molecular complexity index is 1390. The van der Waals surface area contributed by atoms with Crippen molar-refractivity contribution < 1.29 is 33.7 Å². The summed E-state index contributed by atoms with van der Waals surface area (Å²) < 4.78 is 19.9. The van der Waals surface area contributed by atoms with Crippen molar-refractivity contribution in [1.82, 2.24) is 4.90 Å². The third-order valence-electron chi connectivity index (χ3n) is 16.0. The summed E-state index contributed by atoms with van der Waals surface area (Å²) in [6.07, 6.45) is 6.81. The second kappa shape index (κ2) is 12.9. The Hall–Kier alpha value is -1.85. The molecule has 6 fully saturated rings. The summed E-state index contributed by atoms with van der Waals surface area (Å²) in [7, 11) is 0. The number of nitrogens with zero attached hydrogens (tertiary/aromatic N) is 1. The van der Waals surface area contributed by atoms with E-state index < -0.39 is 50.7 Å². The van der Waals surface area contributed by atoms with Crippen LogP contribution in [0.3, 0.4) is 0 Å². The molecule has 2 unspecified atom stereocenters. The van der Waals surface area contributed by atoms with Crippen molar-refractivity contribution in [2.45, 2.75) is 118 Å². The molecule has 5 N–H and O–H groups in total. The molecule has 7 rings (SSSR count). The van der Waals surface area contributed by atoms with Crippen LogP contribution in [0.4, 0.5) is 0 Å². The zero-order valence-corrected chi connectivity index (χ0v) is 32.0. The maximum Gasteiger partial charge on any atom is 0.308 e. The average molecular weight is 700 g/mol. The Kier molecular flexibility index (Phi) is 9.79. The first-order chi connectivity index (χ1) is 23.5. The van der Waals surface area contributed by atoms with E-state index in [4.69, 9.17) is 25.7 Å². The van der Waals surface area contributed by atoms with Crippen molar-refractivity contribution >= 4 is 17.7 Å². The lowest BCUT2D eigenvalue weighted by atomic mass is 9.35. The number of carbonyl (C=O) groups is 3. The topological polar surface area (TPSA) is 154 Å². The lowest BCUT2D eigenvalue weighted by molar-refractivity contribution is -0.299. The predicted molar refractivity (Wildman–Crippen MR) is 191 cm³/mol. The molecule has 5 aliphatic carbocycles. The Labute approximate surface area is 299 Å². The van der Waals surface area contributed by atoms with Gasteiger partial charge in [0.25, 0.3) is 0 Å². The Balaban J connectivity index is 1.36. The zero-order chi connectivity index (χ0) is 36.7. The van der Waals surface area contributed by atoms with E-state index in [-0.39, 0.29) is 35.6 Å². The van der Waals surface area contributed by atoms with Crippen LogP contribution >= 0.6 is 0 Å². The predicted octanol–water partition coefficient (Wildman–Crippen LogP) is 4.82. The van der Waals surface area contributed by atoms with Gasteiger partial charge >= 0.3 is 11.9 Å². The highest BCUT2D eigenvalue weighted by molar-refractivity contribution is 6.01. The molecule has 0 amide bonds. The molecule has 0 aromatic carbocycles. The number of allylic oxidation sites excluding steroid dienone is 1. The SMILES string of the molecule is CC(=O)O[C@H]1C(OCCN(CCCN)CCCN)[C@@]2(C)COC13C[C@]31C3=CC(=O)[C@@]4(C)[C@H](C(=O)O)[C@@](C)([C@H](C)C(C)C)CC[C@]4(C)[C@H]3CC[C@@H]21. The standard InChI is InChI=1S/C40H65N3O7/c1-24(2)25(3)35(5)13-14-37(7)27-11-12-29-36(6)23-49-40(22-39(29,40)28(27)21-30(45)38(37,8)31(35)34(46)47)33(50-26(4)44)32(36)48-20-19-43(17-9-15-41)18-10-16-42/h21,24-25,27,29,31-33H,9-20,22-23,41-42H2,1-8H3,(H,46,47)/t25-,27+,29+,31-,32?,33+,35-,36+,37-,38+,39-,40?/m1/s1. The fraction of sp³-hybridized carbons (Fsp3) is 0.875. The second-order valence-corrected chi connectivity index (χ2v) is 18.4. The van der Waals surface area contributed by atoms with Gasteiger partial charge in [0.1, 0.15) is 11.7 Å². The van der Waals surface area contributed by atoms with Crippen LogP contribution in [-0.4, -0.2) is 91.5 Å². The van der Waals surface area contributed by atoms with Crippen LogP contribution in [0.1, 0.15) is 100 Å². The van der Waals surface area contributed by atoms with Crippen molar-refractivity contribution in [3.05, 3.63) is 11.6 Å². The molecule has 282 valence electrons. The van der Waals surface area contributed by atoms with Crippen LogP contribution in [-0.2, 0) is 28.6 Å². The van der Waals surface area contributed by atoms with Gasteiger partial charge in [-0.3, -0.25) is 14.4 Å². The van der Waals surface area contributed by atoms with E-state index in [0.29, 0.717) is 38.6 Å². The zero-order valence-electron chi connectivity index (χ0n) is 32.0. The fourth-order valence-electron chi connectivity index (χ4n) is 12.9. The number of hydrogen-bond acceptors (Lipinski definition) is 9. The first-order valence-electron chi connectivity index (χ1n) is 19.5. The van der Waals surface area contributed by atoms with Gasteiger partial charge in [-0.1, -0.05) is 54.0 Å². The molecule has 2 saturated heterocycles. The van der Waals surface area contributed by atoms with Gasteiger partial charge in [-0.25, -0.2) is 0 Å². The fourth-order valence-corrected chi connectivity index (χ4v) is 12.9. The maximum atomic E-state index is 14.9. The van der Waals surface area contributed by atoms with E-state index in [2.05, 4.69) is 46.4 Å². The number of carbonyl (C=O) groups excluding carboxylic acids is 2. The van der Waals surface area contributed by atoms with Crippen molar-refractivity contribution in [3.63, 3.8) is 0 Å². The number of ether oxygens (including phenoxy) is 3. The van der Waals surface area contributed by atoms with Crippen LogP contribution in [0, 0.1) is 56.7 Å². The van der Waals surface area contributed by atoms with Crippen molar-refractivity contribution in [1.29, 1.82) is 0 Å². The van der Waals surface area contributed by atoms with E-state index in [9.17, 15) is 19.5 Å². The first-order valence-corrected chi connectivity index (χ1v) is 19.5. The molecule has 10 heteroatoms. The van der Waals surface area contributed by atoms with E-state index in [0.717, 1.165) is 63.7 Å². The molecular weight excluding hydrogens is 634 g/mol. The Morgan fingerprint density at radius 3 is 2.26 bits per heavy atom. The molecule has 7 aliphatic rings. The number of rotatable bonds is 14. The minimum atomic E-state index is -1.05. The monoisotopic (exact) mass is 699 g/mol. The molecule has 2 aliphatic heterocycles. The number of carboxylic acids is 1. The Morgan fingerprint density at radius 2 is 1.68 bits per heavy atom. The van der Waals surface area contributed by atoms with Gasteiger partial charge in [0.2, 0.25) is 0 Å².